The Balaban J connectivity index is 1.80. The summed E-state index contributed by atoms with van der Waals surface area (Å²) in [5.41, 5.74) is 0. The lowest BCUT2D eigenvalue weighted by Gasteiger charge is -2.42. The van der Waals surface area contributed by atoms with Crippen LogP contribution in [0.25, 0.3) is 0 Å². The molecule has 0 unspecified atom stereocenters. The predicted octanol–water partition coefficient (Wildman–Crippen LogP) is -6.92. The second-order valence-electron chi connectivity index (χ2n) is 8.55. The first kappa shape index (κ1) is 28.9. The van der Waals surface area contributed by atoms with E-state index >= 15 is 0 Å². The highest BCUT2D eigenvalue weighted by Gasteiger charge is 2.55. The van der Waals surface area contributed by atoms with E-state index in [9.17, 15) is 46.0 Å². The molecule has 3 saturated heterocycles. The lowest BCUT2D eigenvalue weighted by molar-refractivity contribution is -0.332. The molecule has 0 saturated carbocycles. The van der Waals surface area contributed by atoms with E-state index in [1.807, 2.05) is 0 Å². The molecule has 0 aromatic heterocycles. The summed E-state index contributed by atoms with van der Waals surface area (Å²) in [7, 11) is 1.21. The molecule has 0 spiro atoms. The fraction of sp³-hybridized carbons (Fsp3) is 1.00. The first-order chi connectivity index (χ1) is 16.6. The second kappa shape index (κ2) is 12.3. The molecule has 0 amide bonds. The summed E-state index contributed by atoms with van der Waals surface area (Å²) >= 11 is 0. The molecule has 35 heavy (non-hydrogen) atoms. The normalized spacial score (nSPS) is 48.3. The Labute approximate surface area is 199 Å². The molecule has 15 atom stereocenters. The van der Waals surface area contributed by atoms with E-state index in [1.165, 1.54) is 7.11 Å². The molecule has 0 aromatic carbocycles. The molecule has 206 valence electrons. The number of hydrogen-bond donors (Lipinski definition) is 10. The van der Waals surface area contributed by atoms with E-state index in [1.54, 1.807) is 0 Å². The van der Waals surface area contributed by atoms with Gasteiger partial charge in [-0.05, 0) is 0 Å². The molecule has 3 fully saturated rings. The molecule has 16 nitrogen and oxygen atoms in total. The smallest absolute Gasteiger partial charge is 0.187 e. The van der Waals surface area contributed by atoms with E-state index in [0.29, 0.717) is 0 Å². The van der Waals surface area contributed by atoms with Gasteiger partial charge in [0.2, 0.25) is 0 Å². The summed E-state index contributed by atoms with van der Waals surface area (Å²) in [6.45, 7) is -2.30. The number of rotatable bonds is 10. The Morgan fingerprint density at radius 1 is 0.629 bits per heavy atom. The Kier molecular flexibility index (Phi) is 10.1. The van der Waals surface area contributed by atoms with Crippen molar-refractivity contribution in [2.75, 3.05) is 26.9 Å². The van der Waals surface area contributed by atoms with Gasteiger partial charge in [0, 0.05) is 7.11 Å². The first-order valence-electron chi connectivity index (χ1n) is 11.0. The molecule has 3 rings (SSSR count). The third-order valence-electron chi connectivity index (χ3n) is 6.26. The molecule has 0 radical (unpaired) electrons. The standard InChI is InChI=1S/C19H34O16/c1-30-17-10(27)9(26)15(7(4-22)31-17)34-19-16(12(29)14(33-19)6(24)3-21)35-18-11(28)8(25)13(32-18)5(23)2-20/h5-29H,2-4H2,1H3/t5-,6-,7-,8-,9-,10-,11-,12+,13+,14+,15+,16-,17-,18-,19-/m1/s1. The number of hydrogen-bond acceptors (Lipinski definition) is 16. The van der Waals surface area contributed by atoms with Crippen LogP contribution in [0.2, 0.25) is 0 Å². The van der Waals surface area contributed by atoms with Crippen LogP contribution in [0.5, 0.6) is 0 Å². The highest BCUT2D eigenvalue weighted by molar-refractivity contribution is 4.97. The molecule has 3 aliphatic heterocycles. The number of methoxy groups -OCH3 is 1. The maximum absolute atomic E-state index is 10.7. The minimum Gasteiger partial charge on any atom is -0.394 e. The lowest BCUT2D eigenvalue weighted by atomic mass is 9.98. The van der Waals surface area contributed by atoms with E-state index < -0.39 is 112 Å². The summed E-state index contributed by atoms with van der Waals surface area (Å²) in [6.07, 6.45) is -23.4. The molecule has 3 heterocycles. The highest BCUT2D eigenvalue weighted by Crippen LogP contribution is 2.35. The maximum Gasteiger partial charge on any atom is 0.187 e. The van der Waals surface area contributed by atoms with Crippen molar-refractivity contribution in [3.05, 3.63) is 0 Å². The molecule has 3 aliphatic rings. The molecule has 16 heteroatoms. The van der Waals surface area contributed by atoms with Gasteiger partial charge in [-0.15, -0.1) is 0 Å². The van der Waals surface area contributed by atoms with Crippen molar-refractivity contribution in [2.24, 2.45) is 0 Å². The first-order valence-corrected chi connectivity index (χ1v) is 11.0. The van der Waals surface area contributed by atoms with Crippen molar-refractivity contribution in [3.63, 3.8) is 0 Å². The van der Waals surface area contributed by atoms with Crippen LogP contribution < -0.4 is 0 Å². The molecule has 0 bridgehead atoms. The zero-order chi connectivity index (χ0) is 26.0. The molecule has 0 aliphatic carbocycles. The van der Waals surface area contributed by atoms with Crippen LogP contribution in [0.4, 0.5) is 0 Å². The lowest BCUT2D eigenvalue weighted by Crippen LogP contribution is -2.61. The van der Waals surface area contributed by atoms with Gasteiger partial charge in [0.1, 0.15) is 73.2 Å². The quantitative estimate of drug-likeness (QED) is 0.129. The molecular weight excluding hydrogens is 484 g/mol. The van der Waals surface area contributed by atoms with E-state index in [2.05, 4.69) is 0 Å². The maximum atomic E-state index is 10.7. The zero-order valence-electron chi connectivity index (χ0n) is 18.7. The highest BCUT2D eigenvalue weighted by atomic mass is 16.8. The van der Waals surface area contributed by atoms with Gasteiger partial charge in [0.15, 0.2) is 18.9 Å². The zero-order valence-corrected chi connectivity index (χ0v) is 18.7. The van der Waals surface area contributed by atoms with Gasteiger partial charge in [-0.3, -0.25) is 0 Å². The minimum absolute atomic E-state index is 0.685. The fourth-order valence-corrected chi connectivity index (χ4v) is 4.27. The SMILES string of the molecule is CO[C@@H]1O[C@H](CO)[C@H](O[C@H]2O[C@@H]([C@H](O)CO)[C@H](O)[C@H]2O[C@H]2O[C@@H]([C@H](O)CO)[C@H](O)[C@H]2O)[C@H](O)[C@H]1O. The van der Waals surface area contributed by atoms with E-state index in [4.69, 9.17) is 33.5 Å². The summed E-state index contributed by atoms with van der Waals surface area (Å²) in [6, 6.07) is 0. The number of aliphatic hydroxyl groups excluding tert-OH is 10. The van der Waals surface area contributed by atoms with Crippen molar-refractivity contribution in [1.82, 2.24) is 0 Å². The van der Waals surface area contributed by atoms with Crippen LogP contribution in [0, 0.1) is 0 Å². The summed E-state index contributed by atoms with van der Waals surface area (Å²) in [5, 5.41) is 99.7. The monoisotopic (exact) mass is 518 g/mol. The van der Waals surface area contributed by atoms with Crippen LogP contribution in [-0.2, 0) is 28.4 Å². The molecule has 0 aromatic rings. The third kappa shape index (κ3) is 5.78. The molecular formula is C19H34O16. The average molecular weight is 518 g/mol. The fourth-order valence-electron chi connectivity index (χ4n) is 4.27. The minimum atomic E-state index is -1.74. The van der Waals surface area contributed by atoms with Crippen LogP contribution in [0.3, 0.4) is 0 Å². The van der Waals surface area contributed by atoms with Gasteiger partial charge >= 0.3 is 0 Å². The van der Waals surface area contributed by atoms with Gasteiger partial charge in [-0.1, -0.05) is 0 Å². The Bertz CT molecular complexity index is 654. The topological polar surface area (TPSA) is 258 Å². The van der Waals surface area contributed by atoms with Crippen molar-refractivity contribution in [2.45, 2.75) is 92.1 Å². The Hall–Kier alpha value is -0.640. The predicted molar refractivity (Wildman–Crippen MR) is 106 cm³/mol. The summed E-state index contributed by atoms with van der Waals surface area (Å²) in [4.78, 5) is 0. The second-order valence-corrected chi connectivity index (χ2v) is 8.55. The third-order valence-corrected chi connectivity index (χ3v) is 6.26. The van der Waals surface area contributed by atoms with Crippen LogP contribution >= 0.6 is 0 Å². The van der Waals surface area contributed by atoms with Crippen LogP contribution in [0.1, 0.15) is 0 Å². The van der Waals surface area contributed by atoms with Crippen molar-refractivity contribution in [3.8, 4) is 0 Å². The Morgan fingerprint density at radius 3 is 1.69 bits per heavy atom. The number of aliphatic hydroxyl groups is 10. The van der Waals surface area contributed by atoms with E-state index in [0.717, 1.165) is 0 Å². The van der Waals surface area contributed by atoms with Crippen molar-refractivity contribution < 1.29 is 79.5 Å². The molecule has 10 N–H and O–H groups in total. The van der Waals surface area contributed by atoms with Gasteiger partial charge < -0.3 is 79.5 Å². The Morgan fingerprint density at radius 2 is 1.14 bits per heavy atom. The summed E-state index contributed by atoms with van der Waals surface area (Å²) in [5.74, 6) is 0. The largest absolute Gasteiger partial charge is 0.394 e. The number of ether oxygens (including phenoxy) is 6. The van der Waals surface area contributed by atoms with Crippen LogP contribution in [-0.4, -0.2) is 170 Å². The van der Waals surface area contributed by atoms with Crippen LogP contribution in [0.15, 0.2) is 0 Å². The van der Waals surface area contributed by atoms with Crippen molar-refractivity contribution in [1.29, 1.82) is 0 Å². The summed E-state index contributed by atoms with van der Waals surface area (Å²) < 4.78 is 32.3. The van der Waals surface area contributed by atoms with Gasteiger partial charge in [0.05, 0.1) is 19.8 Å². The van der Waals surface area contributed by atoms with Gasteiger partial charge in [-0.2, -0.15) is 0 Å². The van der Waals surface area contributed by atoms with Gasteiger partial charge in [-0.25, -0.2) is 0 Å². The van der Waals surface area contributed by atoms with E-state index in [-0.39, 0.29) is 0 Å². The van der Waals surface area contributed by atoms with Gasteiger partial charge in [0.25, 0.3) is 0 Å². The van der Waals surface area contributed by atoms with Crippen molar-refractivity contribution >= 4 is 0 Å². The average Bonchev–Trinajstić information content (AvgIpc) is 3.32.